The van der Waals surface area contributed by atoms with Gasteiger partial charge in [0.2, 0.25) is 0 Å². The van der Waals surface area contributed by atoms with Crippen LogP contribution in [0.4, 0.5) is 0 Å². The molecule has 0 spiro atoms. The Balaban J connectivity index is 1.72. The van der Waals surface area contributed by atoms with Crippen LogP contribution in [0, 0.1) is 13.8 Å². The molecule has 1 aromatic heterocycles. The standard InChI is InChI=1S/C23H20BrN3O5S/c1-12-20(33-13(2)26-12)10-19(23(31)32)27-22(30)17-7-6-15(9-18(17)24)21(29)25-11-14-4-3-5-16(28)8-14/h3-10,28H,11H2,1-2H3,(H,25,29)(H,27,30)(H,31,32). The lowest BCUT2D eigenvalue weighted by Gasteiger charge is -2.10. The molecular formula is C23H20BrN3O5S. The number of halogens is 1. The van der Waals surface area contributed by atoms with Gasteiger partial charge in [-0.1, -0.05) is 12.1 Å². The van der Waals surface area contributed by atoms with Crippen LogP contribution in [0.25, 0.3) is 6.08 Å². The van der Waals surface area contributed by atoms with Crippen molar-refractivity contribution >= 4 is 51.1 Å². The van der Waals surface area contributed by atoms with Gasteiger partial charge in [-0.2, -0.15) is 0 Å². The van der Waals surface area contributed by atoms with Crippen molar-refractivity contribution in [2.75, 3.05) is 0 Å². The molecule has 2 aromatic carbocycles. The fourth-order valence-corrected chi connectivity index (χ4v) is 4.37. The molecule has 0 atom stereocenters. The van der Waals surface area contributed by atoms with E-state index in [1.807, 2.05) is 6.92 Å². The molecule has 0 fully saturated rings. The Kier molecular flexibility index (Phi) is 7.62. The molecule has 2 amide bonds. The third kappa shape index (κ3) is 6.27. The average Bonchev–Trinajstić information content (AvgIpc) is 3.07. The van der Waals surface area contributed by atoms with E-state index >= 15 is 0 Å². The molecule has 8 nitrogen and oxygen atoms in total. The molecule has 10 heteroatoms. The highest BCUT2D eigenvalue weighted by atomic mass is 79.9. The van der Waals surface area contributed by atoms with Crippen molar-refractivity contribution in [3.05, 3.63) is 84.9 Å². The van der Waals surface area contributed by atoms with Crippen molar-refractivity contribution in [3.8, 4) is 5.75 Å². The maximum absolute atomic E-state index is 12.7. The number of hydrogen-bond acceptors (Lipinski definition) is 6. The van der Waals surface area contributed by atoms with Gasteiger partial charge in [-0.15, -0.1) is 11.3 Å². The van der Waals surface area contributed by atoms with Crippen molar-refractivity contribution in [1.82, 2.24) is 15.6 Å². The highest BCUT2D eigenvalue weighted by Crippen LogP contribution is 2.22. The molecule has 0 radical (unpaired) electrons. The van der Waals surface area contributed by atoms with Crippen LogP contribution < -0.4 is 10.6 Å². The molecule has 0 unspecified atom stereocenters. The Morgan fingerprint density at radius 2 is 1.88 bits per heavy atom. The summed E-state index contributed by atoms with van der Waals surface area (Å²) in [7, 11) is 0. The summed E-state index contributed by atoms with van der Waals surface area (Å²) in [6.45, 7) is 3.79. The topological polar surface area (TPSA) is 129 Å². The number of nitrogens with zero attached hydrogens (tertiary/aromatic N) is 1. The van der Waals surface area contributed by atoms with Crippen LogP contribution in [0.1, 0.15) is 41.9 Å². The number of rotatable bonds is 7. The summed E-state index contributed by atoms with van der Waals surface area (Å²) in [5.74, 6) is -2.18. The molecule has 33 heavy (non-hydrogen) atoms. The zero-order chi connectivity index (χ0) is 24.1. The Labute approximate surface area is 202 Å². The quantitative estimate of drug-likeness (QED) is 0.342. The number of carboxylic acids is 1. The SMILES string of the molecule is Cc1nc(C)c(C=C(NC(=O)c2ccc(C(=O)NCc3cccc(O)c3)cc2Br)C(=O)O)s1. The van der Waals surface area contributed by atoms with E-state index in [-0.39, 0.29) is 29.5 Å². The fraction of sp³-hybridized carbons (Fsp3) is 0.130. The summed E-state index contributed by atoms with van der Waals surface area (Å²) in [5, 5.41) is 24.9. The number of aliphatic carboxylic acids is 1. The van der Waals surface area contributed by atoms with Crippen molar-refractivity contribution < 1.29 is 24.6 Å². The normalized spacial score (nSPS) is 11.2. The molecule has 0 aliphatic carbocycles. The predicted octanol–water partition coefficient (Wildman–Crippen LogP) is 4.01. The van der Waals surface area contributed by atoms with Crippen LogP contribution in [0.3, 0.4) is 0 Å². The summed E-state index contributed by atoms with van der Waals surface area (Å²) >= 11 is 4.61. The van der Waals surface area contributed by atoms with Gasteiger partial charge in [0.25, 0.3) is 11.8 Å². The van der Waals surface area contributed by atoms with E-state index in [9.17, 15) is 24.6 Å². The lowest BCUT2D eigenvalue weighted by Crippen LogP contribution is -2.28. The van der Waals surface area contributed by atoms with Gasteiger partial charge < -0.3 is 20.8 Å². The van der Waals surface area contributed by atoms with E-state index in [4.69, 9.17) is 0 Å². The summed E-state index contributed by atoms with van der Waals surface area (Å²) < 4.78 is 0.333. The zero-order valence-electron chi connectivity index (χ0n) is 17.7. The third-order valence-electron chi connectivity index (χ3n) is 4.53. The van der Waals surface area contributed by atoms with Gasteiger partial charge in [0.1, 0.15) is 11.4 Å². The number of aromatic hydroxyl groups is 1. The molecule has 0 aliphatic rings. The third-order valence-corrected chi connectivity index (χ3v) is 6.21. The number of carbonyl (C=O) groups excluding carboxylic acids is 2. The van der Waals surface area contributed by atoms with Crippen molar-refractivity contribution in [3.63, 3.8) is 0 Å². The van der Waals surface area contributed by atoms with Crippen LogP contribution >= 0.6 is 27.3 Å². The second kappa shape index (κ2) is 10.4. The molecular weight excluding hydrogens is 510 g/mol. The van der Waals surface area contributed by atoms with Crippen molar-refractivity contribution in [1.29, 1.82) is 0 Å². The first-order valence-corrected chi connectivity index (χ1v) is 11.3. The number of carbonyl (C=O) groups is 3. The first-order valence-electron chi connectivity index (χ1n) is 9.70. The van der Waals surface area contributed by atoms with E-state index in [0.29, 0.717) is 20.6 Å². The van der Waals surface area contributed by atoms with E-state index < -0.39 is 11.9 Å². The Bertz CT molecular complexity index is 1270. The highest BCUT2D eigenvalue weighted by Gasteiger charge is 2.18. The van der Waals surface area contributed by atoms with Crippen LogP contribution in [-0.4, -0.2) is 33.0 Å². The fourth-order valence-electron chi connectivity index (χ4n) is 2.94. The predicted molar refractivity (Wildman–Crippen MR) is 128 cm³/mol. The molecule has 1 heterocycles. The molecule has 0 aliphatic heterocycles. The van der Waals surface area contributed by atoms with E-state index in [1.165, 1.54) is 41.7 Å². The van der Waals surface area contributed by atoms with Crippen LogP contribution in [0.15, 0.2) is 52.6 Å². The number of phenols is 1. The molecule has 0 saturated carbocycles. The molecule has 0 saturated heterocycles. The van der Waals surface area contributed by atoms with Gasteiger partial charge in [0.05, 0.1) is 21.1 Å². The summed E-state index contributed by atoms with van der Waals surface area (Å²) in [5.41, 5.74) is 1.60. The van der Waals surface area contributed by atoms with Crippen LogP contribution in [-0.2, 0) is 11.3 Å². The minimum atomic E-state index is -1.28. The van der Waals surface area contributed by atoms with Gasteiger partial charge in [-0.25, -0.2) is 9.78 Å². The summed E-state index contributed by atoms with van der Waals surface area (Å²) in [4.78, 5) is 41.7. The maximum Gasteiger partial charge on any atom is 0.352 e. The average molecular weight is 530 g/mol. The number of benzene rings is 2. The molecule has 4 N–H and O–H groups in total. The van der Waals surface area contributed by atoms with Crippen LogP contribution in [0.5, 0.6) is 5.75 Å². The molecule has 3 aromatic rings. The molecule has 170 valence electrons. The van der Waals surface area contributed by atoms with E-state index in [0.717, 1.165) is 10.6 Å². The molecule has 0 bridgehead atoms. The van der Waals surface area contributed by atoms with E-state index in [2.05, 4.69) is 31.5 Å². The Hall–Kier alpha value is -3.50. The summed E-state index contributed by atoms with van der Waals surface area (Å²) in [6.07, 6.45) is 1.37. The number of thiazole rings is 1. The van der Waals surface area contributed by atoms with Crippen molar-refractivity contribution in [2.45, 2.75) is 20.4 Å². The monoisotopic (exact) mass is 529 g/mol. The second-order valence-electron chi connectivity index (χ2n) is 7.05. The minimum absolute atomic E-state index is 0.107. The Morgan fingerprint density at radius 3 is 2.48 bits per heavy atom. The number of carboxylic acid groups (broad SMARTS) is 1. The second-order valence-corrected chi connectivity index (χ2v) is 9.14. The number of aryl methyl sites for hydroxylation is 2. The lowest BCUT2D eigenvalue weighted by molar-refractivity contribution is -0.132. The smallest absolute Gasteiger partial charge is 0.352 e. The van der Waals surface area contributed by atoms with Gasteiger partial charge in [0, 0.05) is 16.6 Å². The lowest BCUT2D eigenvalue weighted by atomic mass is 10.1. The molecule has 3 rings (SSSR count). The number of nitrogens with one attached hydrogen (secondary N) is 2. The number of hydrogen-bond donors (Lipinski definition) is 4. The van der Waals surface area contributed by atoms with E-state index in [1.54, 1.807) is 25.1 Å². The van der Waals surface area contributed by atoms with Gasteiger partial charge in [-0.05, 0) is 71.7 Å². The number of phenolic OH excluding ortho intramolecular Hbond substituents is 1. The van der Waals surface area contributed by atoms with Gasteiger partial charge in [-0.3, -0.25) is 9.59 Å². The first kappa shape index (κ1) is 24.1. The number of aromatic nitrogens is 1. The first-order chi connectivity index (χ1) is 15.6. The van der Waals surface area contributed by atoms with Gasteiger partial charge >= 0.3 is 5.97 Å². The number of amides is 2. The van der Waals surface area contributed by atoms with Gasteiger partial charge in [0.15, 0.2) is 0 Å². The largest absolute Gasteiger partial charge is 0.508 e. The van der Waals surface area contributed by atoms with Crippen LogP contribution in [0.2, 0.25) is 0 Å². The summed E-state index contributed by atoms with van der Waals surface area (Å²) in [6, 6.07) is 10.9. The highest BCUT2D eigenvalue weighted by molar-refractivity contribution is 9.10. The van der Waals surface area contributed by atoms with Crippen molar-refractivity contribution in [2.24, 2.45) is 0 Å². The zero-order valence-corrected chi connectivity index (χ0v) is 20.1. The Morgan fingerprint density at radius 1 is 1.12 bits per heavy atom. The maximum atomic E-state index is 12.7. The minimum Gasteiger partial charge on any atom is -0.508 e.